The van der Waals surface area contributed by atoms with Crippen LogP contribution in [0.25, 0.3) is 0 Å². The number of benzene rings is 2. The number of aryl methyl sites for hydroxylation is 2. The van der Waals surface area contributed by atoms with E-state index >= 15 is 0 Å². The number of hydrogen-bond donors (Lipinski definition) is 1. The van der Waals surface area contributed by atoms with Crippen molar-refractivity contribution in [2.24, 2.45) is 11.8 Å². The summed E-state index contributed by atoms with van der Waals surface area (Å²) in [6, 6.07) is 9.17. The zero-order chi connectivity index (χ0) is 23.2. The average Bonchev–Trinajstić information content (AvgIpc) is 3.47. The second-order valence-electron chi connectivity index (χ2n) is 9.42. The summed E-state index contributed by atoms with van der Waals surface area (Å²) in [5.41, 5.74) is 2.38. The zero-order valence-electron chi connectivity index (χ0n) is 18.2. The molecule has 0 saturated carbocycles. The number of fused-ring (bicyclic) bond motifs is 7. The lowest BCUT2D eigenvalue weighted by Gasteiger charge is -2.36. The highest BCUT2D eigenvalue weighted by molar-refractivity contribution is 6.26. The van der Waals surface area contributed by atoms with Crippen LogP contribution in [0.5, 0.6) is 0 Å². The van der Waals surface area contributed by atoms with Crippen molar-refractivity contribution in [1.82, 2.24) is 4.90 Å². The van der Waals surface area contributed by atoms with Crippen LogP contribution < -0.4 is 10.2 Å². The molecular formula is C24H22N4O5. The number of amides is 3. The fraction of sp³-hybridized carbons (Fsp3) is 0.375. The van der Waals surface area contributed by atoms with Gasteiger partial charge in [0.25, 0.3) is 5.69 Å². The van der Waals surface area contributed by atoms with Gasteiger partial charge in [-0.15, -0.1) is 0 Å². The van der Waals surface area contributed by atoms with Crippen LogP contribution in [0.15, 0.2) is 36.4 Å². The van der Waals surface area contributed by atoms with Crippen LogP contribution in [0.3, 0.4) is 0 Å². The minimum atomic E-state index is -1.22. The Bertz CT molecular complexity index is 1270. The van der Waals surface area contributed by atoms with Crippen molar-refractivity contribution in [3.8, 4) is 0 Å². The third-order valence-electron chi connectivity index (χ3n) is 7.76. The maximum Gasteiger partial charge on any atom is 0.269 e. The standard InChI is InChI=1S/C24H22N4O5/c1-12-10-13(2)20-16(11-12)24(23(31)25-20)19-18(17-4-3-9-26(17)24)21(29)27(22(19)30)14-5-7-15(8-6-14)28(32)33/h5-8,10-11,17-19H,3-4,9H2,1-2H3,(H,25,31)/t17-,18-,19-,24-/m1/s1. The van der Waals surface area contributed by atoms with E-state index < -0.39 is 28.2 Å². The van der Waals surface area contributed by atoms with E-state index in [2.05, 4.69) is 10.2 Å². The van der Waals surface area contributed by atoms with Gasteiger partial charge in [-0.05, 0) is 50.9 Å². The summed E-state index contributed by atoms with van der Waals surface area (Å²) >= 11 is 0. The second-order valence-corrected chi connectivity index (χ2v) is 9.42. The average molecular weight is 446 g/mol. The van der Waals surface area contributed by atoms with Crippen LogP contribution in [0.2, 0.25) is 0 Å². The minimum absolute atomic E-state index is 0.119. The van der Waals surface area contributed by atoms with Crippen molar-refractivity contribution < 1.29 is 19.3 Å². The van der Waals surface area contributed by atoms with E-state index in [4.69, 9.17) is 0 Å². The SMILES string of the molecule is Cc1cc(C)c2c(c1)[C@]1(C(=O)N2)[C@H]2C(=O)N(c3ccc([N+](=O)[O-])cc3)C(=O)[C@@H]2[C@H]2CCCN21. The Morgan fingerprint density at radius 1 is 1.09 bits per heavy atom. The highest BCUT2D eigenvalue weighted by Crippen LogP contribution is 2.61. The Morgan fingerprint density at radius 3 is 2.52 bits per heavy atom. The molecule has 6 rings (SSSR count). The highest BCUT2D eigenvalue weighted by Gasteiger charge is 2.74. The van der Waals surface area contributed by atoms with Gasteiger partial charge >= 0.3 is 0 Å². The van der Waals surface area contributed by atoms with E-state index in [0.717, 1.165) is 40.1 Å². The molecule has 2 aromatic rings. The van der Waals surface area contributed by atoms with Crippen molar-refractivity contribution in [1.29, 1.82) is 0 Å². The monoisotopic (exact) mass is 446 g/mol. The number of rotatable bonds is 2. The summed E-state index contributed by atoms with van der Waals surface area (Å²) in [5.74, 6) is -2.48. The van der Waals surface area contributed by atoms with E-state index in [0.29, 0.717) is 12.2 Å². The van der Waals surface area contributed by atoms with Crippen LogP contribution in [0.1, 0.15) is 29.5 Å². The molecule has 0 aliphatic carbocycles. The molecule has 1 N–H and O–H groups in total. The molecule has 0 unspecified atom stereocenters. The third kappa shape index (κ3) is 2.32. The van der Waals surface area contributed by atoms with E-state index in [1.807, 2.05) is 26.0 Å². The van der Waals surface area contributed by atoms with E-state index in [-0.39, 0.29) is 23.5 Å². The molecule has 4 heterocycles. The van der Waals surface area contributed by atoms with Crippen LogP contribution in [-0.2, 0) is 19.9 Å². The first kappa shape index (κ1) is 20.0. The zero-order valence-corrected chi connectivity index (χ0v) is 18.2. The van der Waals surface area contributed by atoms with Crippen LogP contribution in [-0.4, -0.2) is 40.1 Å². The summed E-state index contributed by atoms with van der Waals surface area (Å²) in [6.45, 7) is 4.54. The normalized spacial score (nSPS) is 30.1. The van der Waals surface area contributed by atoms with Crippen LogP contribution in [0, 0.1) is 35.8 Å². The lowest BCUT2D eigenvalue weighted by Crippen LogP contribution is -2.54. The molecule has 9 heteroatoms. The predicted molar refractivity (Wildman–Crippen MR) is 119 cm³/mol. The van der Waals surface area contributed by atoms with Crippen molar-refractivity contribution >= 4 is 34.8 Å². The maximum absolute atomic E-state index is 13.9. The molecule has 0 radical (unpaired) electrons. The predicted octanol–water partition coefficient (Wildman–Crippen LogP) is 2.64. The van der Waals surface area contributed by atoms with Gasteiger partial charge in [-0.3, -0.25) is 29.4 Å². The molecule has 2 aromatic carbocycles. The first-order valence-electron chi connectivity index (χ1n) is 11.1. The Labute approximate surface area is 189 Å². The molecule has 3 amide bonds. The molecule has 1 spiro atoms. The summed E-state index contributed by atoms with van der Waals surface area (Å²) in [7, 11) is 0. The molecule has 0 bridgehead atoms. The molecule has 4 aliphatic rings. The van der Waals surface area contributed by atoms with E-state index in [9.17, 15) is 24.5 Å². The van der Waals surface area contributed by atoms with Gasteiger partial charge in [-0.25, -0.2) is 4.90 Å². The van der Waals surface area contributed by atoms with Gasteiger partial charge in [0.1, 0.15) is 5.54 Å². The second kappa shape index (κ2) is 6.48. The summed E-state index contributed by atoms with van der Waals surface area (Å²) in [4.78, 5) is 55.0. The van der Waals surface area contributed by atoms with Crippen molar-refractivity contribution in [3.05, 3.63) is 63.2 Å². The Balaban J connectivity index is 1.53. The summed E-state index contributed by atoms with van der Waals surface area (Å²) in [6.07, 6.45) is 1.59. The van der Waals surface area contributed by atoms with E-state index in [1.54, 1.807) is 0 Å². The van der Waals surface area contributed by atoms with Crippen LogP contribution in [0.4, 0.5) is 17.1 Å². The summed E-state index contributed by atoms with van der Waals surface area (Å²) < 4.78 is 0. The quantitative estimate of drug-likeness (QED) is 0.431. The van der Waals surface area contributed by atoms with Crippen LogP contribution >= 0.6 is 0 Å². The molecular weight excluding hydrogens is 424 g/mol. The summed E-state index contributed by atoms with van der Waals surface area (Å²) in [5, 5.41) is 14.1. The number of hydrogen-bond acceptors (Lipinski definition) is 6. The maximum atomic E-state index is 13.9. The molecule has 168 valence electrons. The number of nitro groups is 1. The van der Waals surface area contributed by atoms with Gasteiger partial charge in [0, 0.05) is 29.4 Å². The van der Waals surface area contributed by atoms with Crippen molar-refractivity contribution in [2.45, 2.75) is 38.3 Å². The Hall–Kier alpha value is -3.59. The number of nitrogens with one attached hydrogen (secondary N) is 1. The molecule has 3 fully saturated rings. The van der Waals surface area contributed by atoms with Crippen molar-refractivity contribution in [2.75, 3.05) is 16.8 Å². The van der Waals surface area contributed by atoms with Gasteiger partial charge in [0.15, 0.2) is 0 Å². The minimum Gasteiger partial charge on any atom is -0.324 e. The third-order valence-corrected chi connectivity index (χ3v) is 7.76. The number of imide groups is 1. The Kier molecular flexibility index (Phi) is 3.93. The topological polar surface area (TPSA) is 113 Å². The highest BCUT2D eigenvalue weighted by atomic mass is 16.6. The van der Waals surface area contributed by atoms with E-state index in [1.165, 1.54) is 24.3 Å². The number of anilines is 2. The molecule has 4 aliphatic heterocycles. The fourth-order valence-corrected chi connectivity index (χ4v) is 6.64. The van der Waals surface area contributed by atoms with Crippen molar-refractivity contribution in [3.63, 3.8) is 0 Å². The van der Waals surface area contributed by atoms with Gasteiger partial charge in [0.2, 0.25) is 17.7 Å². The lowest BCUT2D eigenvalue weighted by atomic mass is 9.75. The van der Waals surface area contributed by atoms with Gasteiger partial charge in [-0.2, -0.15) is 0 Å². The number of nitrogens with zero attached hydrogens (tertiary/aromatic N) is 3. The van der Waals surface area contributed by atoms with Gasteiger partial charge in [0.05, 0.1) is 22.4 Å². The molecule has 33 heavy (non-hydrogen) atoms. The molecule has 9 nitrogen and oxygen atoms in total. The first-order valence-corrected chi connectivity index (χ1v) is 11.1. The largest absolute Gasteiger partial charge is 0.324 e. The number of non-ortho nitro benzene ring substituents is 1. The number of carbonyl (C=O) groups is 3. The smallest absolute Gasteiger partial charge is 0.269 e. The number of carbonyl (C=O) groups excluding carboxylic acids is 3. The number of nitro benzene ring substituents is 1. The molecule has 3 saturated heterocycles. The molecule has 4 atom stereocenters. The first-order chi connectivity index (χ1) is 15.8. The fourth-order valence-electron chi connectivity index (χ4n) is 6.64. The van der Waals surface area contributed by atoms with Gasteiger partial charge < -0.3 is 5.32 Å². The molecule has 0 aromatic heterocycles. The van der Waals surface area contributed by atoms with Gasteiger partial charge in [-0.1, -0.05) is 17.7 Å². The lowest BCUT2D eigenvalue weighted by molar-refractivity contribution is -0.384. The Morgan fingerprint density at radius 2 is 1.82 bits per heavy atom.